The number of carbonyl (C=O) groups excluding carboxylic acids is 1. The molecular formula is C17H24N2OS. The molecule has 0 spiro atoms. The van der Waals surface area contributed by atoms with Gasteiger partial charge in [0.25, 0.3) is 0 Å². The largest absolute Gasteiger partial charge is 0.339 e. The van der Waals surface area contributed by atoms with E-state index in [9.17, 15) is 4.79 Å². The Balaban J connectivity index is 1.80. The number of piperazine rings is 1. The highest BCUT2D eigenvalue weighted by molar-refractivity contribution is 7.96. The van der Waals surface area contributed by atoms with Crippen molar-refractivity contribution in [1.29, 1.82) is 0 Å². The third kappa shape index (κ3) is 2.84. The summed E-state index contributed by atoms with van der Waals surface area (Å²) in [7, 11) is 0. The molecule has 0 radical (unpaired) electrons. The van der Waals surface area contributed by atoms with E-state index >= 15 is 0 Å². The first kappa shape index (κ1) is 14.9. The van der Waals surface area contributed by atoms with Gasteiger partial charge in [0.2, 0.25) is 5.91 Å². The molecule has 1 amide bonds. The van der Waals surface area contributed by atoms with Crippen LogP contribution < -0.4 is 0 Å². The second kappa shape index (κ2) is 6.41. The van der Waals surface area contributed by atoms with Gasteiger partial charge in [0.05, 0.1) is 5.41 Å². The fourth-order valence-electron chi connectivity index (χ4n) is 3.74. The fourth-order valence-corrected chi connectivity index (χ4v) is 4.27. The zero-order valence-corrected chi connectivity index (χ0v) is 13.6. The van der Waals surface area contributed by atoms with Gasteiger partial charge in [-0.2, -0.15) is 0 Å². The summed E-state index contributed by atoms with van der Waals surface area (Å²) in [5.74, 6) is 0.368. The van der Waals surface area contributed by atoms with Gasteiger partial charge in [-0.25, -0.2) is 4.31 Å². The van der Waals surface area contributed by atoms with Crippen molar-refractivity contribution < 1.29 is 4.79 Å². The molecule has 0 atom stereocenters. The summed E-state index contributed by atoms with van der Waals surface area (Å²) in [6, 6.07) is 10.4. The molecule has 1 aromatic rings. The van der Waals surface area contributed by atoms with Crippen LogP contribution in [0.25, 0.3) is 0 Å². The van der Waals surface area contributed by atoms with E-state index in [-0.39, 0.29) is 5.41 Å². The van der Waals surface area contributed by atoms with Crippen LogP contribution >= 0.6 is 11.9 Å². The van der Waals surface area contributed by atoms with Crippen LogP contribution in [0, 0.1) is 0 Å². The van der Waals surface area contributed by atoms with E-state index in [1.54, 1.807) is 11.9 Å². The average molecular weight is 304 g/mol. The van der Waals surface area contributed by atoms with Gasteiger partial charge < -0.3 is 4.90 Å². The van der Waals surface area contributed by atoms with Gasteiger partial charge in [0, 0.05) is 26.2 Å². The predicted octanol–water partition coefficient (Wildman–Crippen LogP) is 2.92. The van der Waals surface area contributed by atoms with E-state index < -0.39 is 0 Å². The second-order valence-electron chi connectivity index (χ2n) is 6.06. The summed E-state index contributed by atoms with van der Waals surface area (Å²) in [5.41, 5.74) is 0.975. The molecule has 2 fully saturated rings. The second-order valence-corrected chi connectivity index (χ2v) is 6.94. The molecule has 1 saturated carbocycles. The van der Waals surface area contributed by atoms with E-state index in [1.807, 2.05) is 6.07 Å². The highest BCUT2D eigenvalue weighted by Crippen LogP contribution is 2.42. The first-order valence-electron chi connectivity index (χ1n) is 7.90. The molecule has 114 valence electrons. The lowest BCUT2D eigenvalue weighted by Gasteiger charge is -2.39. The molecule has 1 aliphatic carbocycles. The maximum atomic E-state index is 13.2. The molecule has 1 heterocycles. The fraction of sp³-hybridized carbons (Fsp3) is 0.588. The van der Waals surface area contributed by atoms with Gasteiger partial charge in [-0.05, 0) is 24.7 Å². The van der Waals surface area contributed by atoms with Gasteiger partial charge >= 0.3 is 0 Å². The van der Waals surface area contributed by atoms with Crippen LogP contribution in [0.4, 0.5) is 0 Å². The van der Waals surface area contributed by atoms with Crippen LogP contribution in [0.15, 0.2) is 30.3 Å². The molecule has 1 saturated heterocycles. The van der Waals surface area contributed by atoms with Crippen molar-refractivity contribution in [3.8, 4) is 0 Å². The zero-order chi connectivity index (χ0) is 14.7. The van der Waals surface area contributed by atoms with Crippen molar-refractivity contribution in [3.63, 3.8) is 0 Å². The smallest absolute Gasteiger partial charge is 0.233 e. The number of amides is 1. The van der Waals surface area contributed by atoms with Gasteiger partial charge in [-0.3, -0.25) is 4.79 Å². The minimum Gasteiger partial charge on any atom is -0.339 e. The Labute approximate surface area is 131 Å². The molecule has 3 rings (SSSR count). The monoisotopic (exact) mass is 304 g/mol. The summed E-state index contributed by atoms with van der Waals surface area (Å²) in [4.78, 5) is 15.3. The lowest BCUT2D eigenvalue weighted by molar-refractivity contribution is -0.138. The average Bonchev–Trinajstić information content (AvgIpc) is 3.06. The van der Waals surface area contributed by atoms with E-state index in [0.29, 0.717) is 5.91 Å². The van der Waals surface area contributed by atoms with Gasteiger partial charge in [-0.15, -0.1) is 0 Å². The van der Waals surface area contributed by atoms with E-state index in [1.165, 1.54) is 18.4 Å². The van der Waals surface area contributed by atoms with Crippen molar-refractivity contribution in [1.82, 2.24) is 9.21 Å². The molecule has 2 aliphatic rings. The van der Waals surface area contributed by atoms with Gasteiger partial charge in [-0.1, -0.05) is 55.1 Å². The normalized spacial score (nSPS) is 22.4. The third-order valence-electron chi connectivity index (χ3n) is 4.98. The summed E-state index contributed by atoms with van der Waals surface area (Å²) in [6.45, 7) is 3.71. The lowest BCUT2D eigenvalue weighted by Crippen LogP contribution is -2.52. The van der Waals surface area contributed by atoms with Crippen LogP contribution in [-0.2, 0) is 10.2 Å². The van der Waals surface area contributed by atoms with Crippen molar-refractivity contribution in [2.75, 3.05) is 32.4 Å². The summed E-state index contributed by atoms with van der Waals surface area (Å²) >= 11 is 1.78. The number of hydrogen-bond acceptors (Lipinski definition) is 3. The highest BCUT2D eigenvalue weighted by Gasteiger charge is 2.45. The van der Waals surface area contributed by atoms with Crippen molar-refractivity contribution >= 4 is 17.9 Å². The molecule has 1 aliphatic heterocycles. The lowest BCUT2D eigenvalue weighted by atomic mass is 9.77. The number of carbonyl (C=O) groups is 1. The molecule has 0 unspecified atom stereocenters. The van der Waals surface area contributed by atoms with Crippen LogP contribution in [0.5, 0.6) is 0 Å². The third-order valence-corrected chi connectivity index (χ3v) is 5.86. The number of rotatable bonds is 3. The van der Waals surface area contributed by atoms with Crippen LogP contribution in [0.3, 0.4) is 0 Å². The van der Waals surface area contributed by atoms with Crippen molar-refractivity contribution in [2.45, 2.75) is 31.1 Å². The molecule has 0 aromatic heterocycles. The summed E-state index contributed by atoms with van der Waals surface area (Å²) < 4.78 is 2.34. The summed E-state index contributed by atoms with van der Waals surface area (Å²) in [5, 5.41) is 0. The Bertz CT molecular complexity index is 477. The molecule has 0 N–H and O–H groups in total. The van der Waals surface area contributed by atoms with Gasteiger partial charge in [0.15, 0.2) is 0 Å². The quantitative estimate of drug-likeness (QED) is 0.802. The molecule has 21 heavy (non-hydrogen) atoms. The van der Waals surface area contributed by atoms with Crippen LogP contribution in [0.1, 0.15) is 31.2 Å². The molecule has 1 aromatic carbocycles. The molecular weight excluding hydrogens is 280 g/mol. The first-order valence-corrected chi connectivity index (χ1v) is 9.08. The Morgan fingerprint density at radius 1 is 1.05 bits per heavy atom. The Morgan fingerprint density at radius 3 is 2.24 bits per heavy atom. The minimum absolute atomic E-state index is 0.247. The number of hydrogen-bond donors (Lipinski definition) is 0. The van der Waals surface area contributed by atoms with Crippen LogP contribution in [0.2, 0.25) is 0 Å². The maximum absolute atomic E-state index is 13.2. The minimum atomic E-state index is -0.247. The van der Waals surface area contributed by atoms with Crippen LogP contribution in [-0.4, -0.2) is 47.5 Å². The Kier molecular flexibility index (Phi) is 4.55. The van der Waals surface area contributed by atoms with E-state index in [0.717, 1.165) is 39.0 Å². The van der Waals surface area contributed by atoms with Gasteiger partial charge in [0.1, 0.15) is 0 Å². The topological polar surface area (TPSA) is 23.6 Å². The SMILES string of the molecule is CSN1CCN(C(=O)C2(c3ccccc3)CCCC2)CC1. The zero-order valence-electron chi connectivity index (χ0n) is 12.8. The predicted molar refractivity (Wildman–Crippen MR) is 88.3 cm³/mol. The molecule has 0 bridgehead atoms. The standard InChI is InChI=1S/C17H24N2OS/c1-21-19-13-11-18(12-14-19)16(20)17(9-5-6-10-17)15-7-3-2-4-8-15/h2-4,7-8H,5-6,9-14H2,1H3. The number of benzene rings is 1. The van der Waals surface area contributed by atoms with Crippen molar-refractivity contribution in [2.24, 2.45) is 0 Å². The first-order chi connectivity index (χ1) is 10.3. The maximum Gasteiger partial charge on any atom is 0.233 e. The van der Waals surface area contributed by atoms with E-state index in [2.05, 4.69) is 39.7 Å². The van der Waals surface area contributed by atoms with Crippen molar-refractivity contribution in [3.05, 3.63) is 35.9 Å². The molecule has 3 nitrogen and oxygen atoms in total. The summed E-state index contributed by atoms with van der Waals surface area (Å²) in [6.07, 6.45) is 6.48. The highest BCUT2D eigenvalue weighted by atomic mass is 32.2. The Morgan fingerprint density at radius 2 is 1.67 bits per heavy atom. The van der Waals surface area contributed by atoms with E-state index in [4.69, 9.17) is 0 Å². The molecule has 4 heteroatoms. The number of nitrogens with zero attached hydrogens (tertiary/aromatic N) is 2. The Hall–Kier alpha value is -1.00.